The molecule has 0 saturated heterocycles. The number of halogens is 1. The van der Waals surface area contributed by atoms with Crippen molar-refractivity contribution in [3.8, 4) is 0 Å². The molecule has 0 radical (unpaired) electrons. The molecule has 134 valence electrons. The maximum Gasteiger partial charge on any atom is 0.294 e. The normalized spacial score (nSPS) is 16.9. The fourth-order valence-electron chi connectivity index (χ4n) is 3.09. The zero-order chi connectivity index (χ0) is 19.0. The minimum absolute atomic E-state index is 0.0261. The summed E-state index contributed by atoms with van der Waals surface area (Å²) < 4.78 is 5.17. The molecule has 3 heterocycles. The predicted octanol–water partition coefficient (Wildman–Crippen LogP) is 4.11. The number of anilines is 1. The molecule has 4 rings (SSSR count). The number of carbonyl (C=O) groups excluding carboxylic acids is 2. The molecule has 1 amide bonds. The summed E-state index contributed by atoms with van der Waals surface area (Å²) in [6.45, 7) is 0. The minimum Gasteiger partial charge on any atom is -0.503 e. The summed E-state index contributed by atoms with van der Waals surface area (Å²) in [4.78, 5) is 31.4. The molecule has 0 fully saturated rings. The van der Waals surface area contributed by atoms with Crippen LogP contribution in [-0.2, 0) is 4.79 Å². The number of ketones is 1. The largest absolute Gasteiger partial charge is 0.503 e. The first-order chi connectivity index (χ1) is 13.1. The molecule has 27 heavy (non-hydrogen) atoms. The van der Waals surface area contributed by atoms with Gasteiger partial charge in [-0.1, -0.05) is 23.7 Å². The van der Waals surface area contributed by atoms with E-state index in [1.165, 1.54) is 17.2 Å². The summed E-state index contributed by atoms with van der Waals surface area (Å²) in [5.74, 6) is -1.89. The Hall–Kier alpha value is -3.38. The summed E-state index contributed by atoms with van der Waals surface area (Å²) in [6.07, 6.45) is 2.91. The van der Waals surface area contributed by atoms with E-state index in [-0.39, 0.29) is 11.3 Å². The number of furan rings is 1. The summed E-state index contributed by atoms with van der Waals surface area (Å²) in [5.41, 5.74) is 0.787. The zero-order valence-corrected chi connectivity index (χ0v) is 14.6. The number of hydrogen-bond acceptors (Lipinski definition) is 5. The van der Waals surface area contributed by atoms with E-state index in [2.05, 4.69) is 4.98 Å². The van der Waals surface area contributed by atoms with E-state index in [4.69, 9.17) is 16.0 Å². The van der Waals surface area contributed by atoms with Crippen LogP contribution in [0.15, 0.2) is 82.8 Å². The Balaban J connectivity index is 1.89. The highest BCUT2D eigenvalue weighted by molar-refractivity contribution is 6.31. The number of Topliss-reactive ketones (excluding diaryl/α,β-unsaturated/α-hetero) is 1. The molecule has 1 N–H and O–H groups in total. The quantitative estimate of drug-likeness (QED) is 0.688. The number of carbonyl (C=O) groups is 2. The Morgan fingerprint density at radius 3 is 2.67 bits per heavy atom. The highest BCUT2D eigenvalue weighted by Gasteiger charge is 2.45. The fourth-order valence-corrected chi connectivity index (χ4v) is 3.27. The minimum atomic E-state index is -0.908. The van der Waals surface area contributed by atoms with Crippen LogP contribution >= 0.6 is 11.6 Å². The predicted molar refractivity (Wildman–Crippen MR) is 98.6 cm³/mol. The van der Waals surface area contributed by atoms with E-state index in [1.807, 2.05) is 0 Å². The number of aliphatic hydroxyl groups excluding tert-OH is 1. The average molecular weight is 381 g/mol. The van der Waals surface area contributed by atoms with Gasteiger partial charge in [-0.2, -0.15) is 0 Å². The molecule has 1 aromatic carbocycles. The summed E-state index contributed by atoms with van der Waals surface area (Å²) in [5, 5.41) is 10.9. The first-order valence-electron chi connectivity index (χ1n) is 8.09. The maximum absolute atomic E-state index is 12.9. The molecule has 6 nitrogen and oxygen atoms in total. The number of aromatic nitrogens is 1. The number of nitrogens with zero attached hydrogens (tertiary/aromatic N) is 2. The number of rotatable bonds is 4. The van der Waals surface area contributed by atoms with Crippen molar-refractivity contribution in [3.63, 3.8) is 0 Å². The van der Waals surface area contributed by atoms with Crippen LogP contribution in [0.3, 0.4) is 0 Å². The van der Waals surface area contributed by atoms with Crippen LogP contribution in [0.5, 0.6) is 0 Å². The molecule has 0 bridgehead atoms. The standard InChI is InChI=1S/C20H13ClN2O4/c21-12-5-3-6-13(11-12)23-17(14-7-1-2-9-22-14)16(19(25)20(23)26)18(24)15-8-4-10-27-15/h1-11,17,25H. The molecule has 0 spiro atoms. The Kier molecular flexibility index (Phi) is 4.25. The van der Waals surface area contributed by atoms with Crippen molar-refractivity contribution in [2.75, 3.05) is 4.90 Å². The highest BCUT2D eigenvalue weighted by Crippen LogP contribution is 2.41. The highest BCUT2D eigenvalue weighted by atomic mass is 35.5. The summed E-state index contributed by atoms with van der Waals surface area (Å²) in [7, 11) is 0. The van der Waals surface area contributed by atoms with Gasteiger partial charge in [-0.15, -0.1) is 0 Å². The lowest BCUT2D eigenvalue weighted by atomic mass is 9.98. The van der Waals surface area contributed by atoms with E-state index >= 15 is 0 Å². The van der Waals surface area contributed by atoms with Crippen molar-refractivity contribution in [1.29, 1.82) is 0 Å². The number of amides is 1. The topological polar surface area (TPSA) is 83.6 Å². The van der Waals surface area contributed by atoms with Crippen molar-refractivity contribution in [3.05, 3.63) is 94.9 Å². The maximum atomic E-state index is 12.9. The smallest absolute Gasteiger partial charge is 0.294 e. The van der Waals surface area contributed by atoms with Gasteiger partial charge < -0.3 is 9.52 Å². The number of benzene rings is 1. The van der Waals surface area contributed by atoms with E-state index in [9.17, 15) is 14.7 Å². The van der Waals surface area contributed by atoms with Crippen LogP contribution in [0.4, 0.5) is 5.69 Å². The third-order valence-corrected chi connectivity index (χ3v) is 4.49. The van der Waals surface area contributed by atoms with Gasteiger partial charge in [-0.3, -0.25) is 19.5 Å². The van der Waals surface area contributed by atoms with Crippen molar-refractivity contribution in [2.24, 2.45) is 0 Å². The van der Waals surface area contributed by atoms with Crippen molar-refractivity contribution in [2.45, 2.75) is 6.04 Å². The first-order valence-corrected chi connectivity index (χ1v) is 8.47. The van der Waals surface area contributed by atoms with Gasteiger partial charge in [0.05, 0.1) is 17.5 Å². The van der Waals surface area contributed by atoms with Crippen LogP contribution in [-0.4, -0.2) is 21.8 Å². The lowest BCUT2D eigenvalue weighted by Crippen LogP contribution is -2.31. The number of hydrogen-bond donors (Lipinski definition) is 1. The Bertz CT molecular complexity index is 1040. The SMILES string of the molecule is O=C(C1=C(O)C(=O)N(c2cccc(Cl)c2)C1c1ccccn1)c1ccco1. The zero-order valence-electron chi connectivity index (χ0n) is 13.9. The van der Waals surface area contributed by atoms with E-state index in [1.54, 1.807) is 54.7 Å². The second kappa shape index (κ2) is 6.74. The summed E-state index contributed by atoms with van der Waals surface area (Å²) in [6, 6.07) is 13.9. The second-order valence-electron chi connectivity index (χ2n) is 5.88. The molecular formula is C20H13ClN2O4. The van der Waals surface area contributed by atoms with Crippen molar-refractivity contribution < 1.29 is 19.1 Å². The molecule has 1 unspecified atom stereocenters. The molecule has 1 aliphatic heterocycles. The van der Waals surface area contributed by atoms with Crippen molar-refractivity contribution in [1.82, 2.24) is 4.98 Å². The molecule has 7 heteroatoms. The van der Waals surface area contributed by atoms with Crippen LogP contribution in [0.1, 0.15) is 22.3 Å². The second-order valence-corrected chi connectivity index (χ2v) is 6.32. The molecule has 1 aliphatic rings. The van der Waals surface area contributed by atoms with Gasteiger partial charge in [0.2, 0.25) is 5.78 Å². The van der Waals surface area contributed by atoms with Crippen LogP contribution in [0.2, 0.25) is 5.02 Å². The van der Waals surface area contributed by atoms with Gasteiger partial charge in [-0.25, -0.2) is 0 Å². The lowest BCUT2D eigenvalue weighted by molar-refractivity contribution is -0.117. The Labute approximate surface area is 159 Å². The van der Waals surface area contributed by atoms with Gasteiger partial charge in [0.1, 0.15) is 6.04 Å². The number of pyridine rings is 1. The molecule has 0 saturated carbocycles. The molecular weight excluding hydrogens is 368 g/mol. The number of aliphatic hydroxyl groups is 1. The van der Waals surface area contributed by atoms with Crippen LogP contribution < -0.4 is 4.90 Å². The van der Waals surface area contributed by atoms with Gasteiger partial charge in [0, 0.05) is 16.9 Å². The molecule has 1 atom stereocenters. The van der Waals surface area contributed by atoms with Gasteiger partial charge in [-0.05, 0) is 42.5 Å². The first kappa shape index (κ1) is 17.1. The van der Waals surface area contributed by atoms with E-state index < -0.39 is 23.5 Å². The monoisotopic (exact) mass is 380 g/mol. The van der Waals surface area contributed by atoms with Gasteiger partial charge in [0.15, 0.2) is 11.5 Å². The molecule has 2 aromatic heterocycles. The molecule has 0 aliphatic carbocycles. The van der Waals surface area contributed by atoms with Gasteiger partial charge in [0.25, 0.3) is 5.91 Å². The third-order valence-electron chi connectivity index (χ3n) is 4.25. The lowest BCUT2D eigenvalue weighted by Gasteiger charge is -2.26. The van der Waals surface area contributed by atoms with Crippen LogP contribution in [0, 0.1) is 0 Å². The molecule has 3 aromatic rings. The van der Waals surface area contributed by atoms with Crippen LogP contribution in [0.25, 0.3) is 0 Å². The Morgan fingerprint density at radius 1 is 1.15 bits per heavy atom. The van der Waals surface area contributed by atoms with Gasteiger partial charge >= 0.3 is 0 Å². The van der Waals surface area contributed by atoms with E-state index in [0.29, 0.717) is 16.4 Å². The van der Waals surface area contributed by atoms with E-state index in [0.717, 1.165) is 0 Å². The van der Waals surface area contributed by atoms with Crippen molar-refractivity contribution >= 4 is 29.0 Å². The Morgan fingerprint density at radius 2 is 2.00 bits per heavy atom. The summed E-state index contributed by atoms with van der Waals surface area (Å²) >= 11 is 6.07. The third kappa shape index (κ3) is 2.90. The fraction of sp³-hybridized carbons (Fsp3) is 0.0500. The average Bonchev–Trinajstić information content (AvgIpc) is 3.30.